The number of hydrogen-bond acceptors (Lipinski definition) is 4. The van der Waals surface area contributed by atoms with Crippen LogP contribution in [0.2, 0.25) is 0 Å². The summed E-state index contributed by atoms with van der Waals surface area (Å²) in [4.78, 5) is 10.8. The molecule has 1 fully saturated rings. The molecule has 1 aromatic rings. The SMILES string of the molecule is CC(CN1CCCC1)NCc1cnccn1. The van der Waals surface area contributed by atoms with Crippen LogP contribution in [-0.4, -0.2) is 40.5 Å². The second-order valence-corrected chi connectivity index (χ2v) is 4.49. The van der Waals surface area contributed by atoms with Crippen molar-refractivity contribution in [1.29, 1.82) is 0 Å². The highest BCUT2D eigenvalue weighted by Crippen LogP contribution is 2.07. The van der Waals surface area contributed by atoms with E-state index in [1.54, 1.807) is 12.4 Å². The highest BCUT2D eigenvalue weighted by atomic mass is 15.2. The van der Waals surface area contributed by atoms with E-state index in [1.165, 1.54) is 25.9 Å². The van der Waals surface area contributed by atoms with E-state index < -0.39 is 0 Å². The van der Waals surface area contributed by atoms with E-state index in [-0.39, 0.29) is 0 Å². The maximum Gasteiger partial charge on any atom is 0.0724 e. The van der Waals surface area contributed by atoms with Crippen LogP contribution in [0.5, 0.6) is 0 Å². The Hall–Kier alpha value is -1.00. The van der Waals surface area contributed by atoms with Gasteiger partial charge >= 0.3 is 0 Å². The first-order valence-electron chi connectivity index (χ1n) is 6.05. The zero-order valence-corrected chi connectivity index (χ0v) is 9.89. The highest BCUT2D eigenvalue weighted by Gasteiger charge is 2.14. The van der Waals surface area contributed by atoms with E-state index in [9.17, 15) is 0 Å². The molecule has 4 nitrogen and oxygen atoms in total. The molecular weight excluding hydrogens is 200 g/mol. The van der Waals surface area contributed by atoms with Gasteiger partial charge in [0.05, 0.1) is 5.69 Å². The summed E-state index contributed by atoms with van der Waals surface area (Å²) in [6, 6.07) is 0.514. The predicted molar refractivity (Wildman–Crippen MR) is 64.0 cm³/mol. The topological polar surface area (TPSA) is 41.0 Å². The van der Waals surface area contributed by atoms with Crippen molar-refractivity contribution in [3.05, 3.63) is 24.3 Å². The Labute approximate surface area is 97.1 Å². The Balaban J connectivity index is 1.69. The minimum atomic E-state index is 0.514. The lowest BCUT2D eigenvalue weighted by molar-refractivity contribution is 0.298. The van der Waals surface area contributed by atoms with Crippen LogP contribution in [0.4, 0.5) is 0 Å². The lowest BCUT2D eigenvalue weighted by Crippen LogP contribution is -2.37. The predicted octanol–water partition coefficient (Wildman–Crippen LogP) is 1.05. The third kappa shape index (κ3) is 3.54. The molecule has 0 bridgehead atoms. The molecule has 16 heavy (non-hydrogen) atoms. The van der Waals surface area contributed by atoms with Gasteiger partial charge in [0.1, 0.15) is 0 Å². The third-order valence-corrected chi connectivity index (χ3v) is 2.98. The van der Waals surface area contributed by atoms with Crippen molar-refractivity contribution in [3.8, 4) is 0 Å². The summed E-state index contributed by atoms with van der Waals surface area (Å²) in [7, 11) is 0. The normalized spacial score (nSPS) is 18.8. The van der Waals surface area contributed by atoms with Gasteiger partial charge in [0.15, 0.2) is 0 Å². The second-order valence-electron chi connectivity index (χ2n) is 4.49. The quantitative estimate of drug-likeness (QED) is 0.805. The molecule has 0 saturated carbocycles. The molecule has 0 radical (unpaired) electrons. The Morgan fingerprint density at radius 3 is 2.88 bits per heavy atom. The number of nitrogens with zero attached hydrogens (tertiary/aromatic N) is 3. The van der Waals surface area contributed by atoms with Crippen LogP contribution in [0.15, 0.2) is 18.6 Å². The number of hydrogen-bond donors (Lipinski definition) is 1. The lowest BCUT2D eigenvalue weighted by atomic mass is 10.3. The van der Waals surface area contributed by atoms with Crippen LogP contribution in [0, 0.1) is 0 Å². The van der Waals surface area contributed by atoms with Gasteiger partial charge in [0, 0.05) is 37.7 Å². The lowest BCUT2D eigenvalue weighted by Gasteiger charge is -2.20. The van der Waals surface area contributed by atoms with Crippen molar-refractivity contribution in [2.45, 2.75) is 32.4 Å². The second kappa shape index (κ2) is 5.92. The Morgan fingerprint density at radius 1 is 1.38 bits per heavy atom. The van der Waals surface area contributed by atoms with Crippen LogP contribution in [0.3, 0.4) is 0 Å². The van der Waals surface area contributed by atoms with Crippen LogP contribution in [0.1, 0.15) is 25.5 Å². The van der Waals surface area contributed by atoms with Gasteiger partial charge in [-0.15, -0.1) is 0 Å². The Kier molecular flexibility index (Phi) is 4.25. The van der Waals surface area contributed by atoms with Gasteiger partial charge < -0.3 is 10.2 Å². The fourth-order valence-corrected chi connectivity index (χ4v) is 2.12. The standard InChI is InChI=1S/C12H20N4/c1-11(10-16-6-2-3-7-16)15-9-12-8-13-4-5-14-12/h4-5,8,11,15H,2-3,6-7,9-10H2,1H3. The first-order valence-corrected chi connectivity index (χ1v) is 6.05. The van der Waals surface area contributed by atoms with E-state index >= 15 is 0 Å². The van der Waals surface area contributed by atoms with Gasteiger partial charge in [-0.1, -0.05) is 0 Å². The minimum absolute atomic E-state index is 0.514. The molecule has 2 heterocycles. The molecule has 0 amide bonds. The summed E-state index contributed by atoms with van der Waals surface area (Å²) < 4.78 is 0. The number of likely N-dealkylation sites (tertiary alicyclic amines) is 1. The molecule has 0 spiro atoms. The Morgan fingerprint density at radius 2 is 2.19 bits per heavy atom. The highest BCUT2D eigenvalue weighted by molar-refractivity contribution is 4.94. The average molecular weight is 220 g/mol. The van der Waals surface area contributed by atoms with E-state index in [2.05, 4.69) is 27.1 Å². The molecule has 88 valence electrons. The van der Waals surface area contributed by atoms with Crippen LogP contribution < -0.4 is 5.32 Å². The van der Waals surface area contributed by atoms with Gasteiger partial charge in [-0.05, 0) is 32.9 Å². The third-order valence-electron chi connectivity index (χ3n) is 2.98. The number of rotatable bonds is 5. The molecule has 0 aliphatic carbocycles. The molecule has 1 aliphatic rings. The number of nitrogens with one attached hydrogen (secondary N) is 1. The molecule has 1 unspecified atom stereocenters. The average Bonchev–Trinajstić information content (AvgIpc) is 2.81. The van der Waals surface area contributed by atoms with Gasteiger partial charge in [0.25, 0.3) is 0 Å². The molecule has 1 saturated heterocycles. The summed E-state index contributed by atoms with van der Waals surface area (Å²) >= 11 is 0. The fourth-order valence-electron chi connectivity index (χ4n) is 2.12. The smallest absolute Gasteiger partial charge is 0.0724 e. The van der Waals surface area contributed by atoms with Gasteiger partial charge in [-0.25, -0.2) is 0 Å². The van der Waals surface area contributed by atoms with Crippen LogP contribution in [0.25, 0.3) is 0 Å². The maximum absolute atomic E-state index is 4.24. The molecule has 1 atom stereocenters. The first-order chi connectivity index (χ1) is 7.84. The van der Waals surface area contributed by atoms with Gasteiger partial charge in [-0.3, -0.25) is 9.97 Å². The zero-order valence-electron chi connectivity index (χ0n) is 9.89. The molecule has 1 aliphatic heterocycles. The largest absolute Gasteiger partial charge is 0.307 e. The molecule has 1 aromatic heterocycles. The Bertz CT molecular complexity index is 295. The van der Waals surface area contributed by atoms with E-state index in [0.717, 1.165) is 18.8 Å². The fraction of sp³-hybridized carbons (Fsp3) is 0.667. The van der Waals surface area contributed by atoms with Crippen molar-refractivity contribution in [1.82, 2.24) is 20.2 Å². The van der Waals surface area contributed by atoms with Crippen molar-refractivity contribution in [2.75, 3.05) is 19.6 Å². The maximum atomic E-state index is 4.24. The molecule has 1 N–H and O–H groups in total. The minimum Gasteiger partial charge on any atom is -0.307 e. The molecule has 0 aromatic carbocycles. The summed E-state index contributed by atoms with van der Waals surface area (Å²) in [5.41, 5.74) is 1.01. The van der Waals surface area contributed by atoms with Crippen molar-refractivity contribution < 1.29 is 0 Å². The van der Waals surface area contributed by atoms with E-state index in [0.29, 0.717) is 6.04 Å². The molecule has 4 heteroatoms. The summed E-state index contributed by atoms with van der Waals surface area (Å²) in [5.74, 6) is 0. The zero-order chi connectivity index (χ0) is 11.2. The summed E-state index contributed by atoms with van der Waals surface area (Å²) in [6.45, 7) is 6.70. The van der Waals surface area contributed by atoms with Gasteiger partial charge in [0.2, 0.25) is 0 Å². The van der Waals surface area contributed by atoms with Crippen molar-refractivity contribution >= 4 is 0 Å². The van der Waals surface area contributed by atoms with Crippen molar-refractivity contribution in [2.24, 2.45) is 0 Å². The monoisotopic (exact) mass is 220 g/mol. The summed E-state index contributed by atoms with van der Waals surface area (Å²) in [6.07, 6.45) is 7.97. The molecule has 2 rings (SSSR count). The van der Waals surface area contributed by atoms with Crippen molar-refractivity contribution in [3.63, 3.8) is 0 Å². The molecular formula is C12H20N4. The van der Waals surface area contributed by atoms with Gasteiger partial charge in [-0.2, -0.15) is 0 Å². The van der Waals surface area contributed by atoms with Crippen LogP contribution in [-0.2, 0) is 6.54 Å². The van der Waals surface area contributed by atoms with E-state index in [1.807, 2.05) is 6.20 Å². The van der Waals surface area contributed by atoms with E-state index in [4.69, 9.17) is 0 Å². The van der Waals surface area contributed by atoms with Crippen LogP contribution >= 0.6 is 0 Å². The number of aromatic nitrogens is 2. The first kappa shape index (κ1) is 11.5. The summed E-state index contributed by atoms with van der Waals surface area (Å²) in [5, 5.41) is 3.48.